The van der Waals surface area contributed by atoms with Gasteiger partial charge in [0.15, 0.2) is 0 Å². The molecule has 0 aliphatic heterocycles. The first kappa shape index (κ1) is 16.2. The molecule has 0 rings (SSSR count). The van der Waals surface area contributed by atoms with Crippen molar-refractivity contribution >= 4 is 0 Å². The van der Waals surface area contributed by atoms with Gasteiger partial charge in [-0.3, -0.25) is 0 Å². The Hall–Kier alpha value is 1.38. The van der Waals surface area contributed by atoms with E-state index < -0.39 is 22.1 Å². The predicted molar refractivity (Wildman–Crippen MR) is 2.22 cm³/mol. The van der Waals surface area contributed by atoms with Crippen LogP contribution in [0.2, 0.25) is 0 Å². The Balaban J connectivity index is -0.0000000575. The Morgan fingerprint density at radius 2 is 1.25 bits per heavy atom. The summed E-state index contributed by atoms with van der Waals surface area (Å²) in [4.78, 5) is 0. The minimum absolute atomic E-state index is 0. The van der Waals surface area contributed by atoms with Crippen LogP contribution in [-0.4, -0.2) is 4.66 Å². The Labute approximate surface area is 74.7 Å². The van der Waals surface area contributed by atoms with Crippen LogP contribution < -0.4 is 48.2 Å². The standard InChI is InChI=1S/ClHO3.ClO2.Na/c2-1(3)4;2-1-3;/h2H;;/q;-1;+1. The Bertz CT molecular complexity index is 21.6. The molecule has 0 aromatic carbocycles. The van der Waals surface area contributed by atoms with Gasteiger partial charge in [-0.25, -0.2) is 0 Å². The molecule has 0 spiro atoms. The number of hydrogen-bond acceptors (Lipinski definition) is 5. The molecule has 0 bridgehead atoms. The Morgan fingerprint density at radius 3 is 1.25 bits per heavy atom. The summed E-state index contributed by atoms with van der Waals surface area (Å²) in [6.45, 7) is 0. The van der Waals surface area contributed by atoms with E-state index in [2.05, 4.69) is 0 Å². The minimum atomic E-state index is -2.60. The van der Waals surface area contributed by atoms with Crippen molar-refractivity contribution in [1.29, 1.82) is 0 Å². The molecule has 0 aliphatic carbocycles. The summed E-state index contributed by atoms with van der Waals surface area (Å²) in [7, 11) is -2.60. The average Bonchev–Trinajstić information content (AvgIpc) is 1.33. The molecule has 0 fully saturated rings. The normalized spacial score (nSPS) is 6.75. The van der Waals surface area contributed by atoms with Crippen molar-refractivity contribution in [2.45, 2.75) is 0 Å². The molecule has 0 heterocycles. The van der Waals surface area contributed by atoms with Crippen LogP contribution in [0.15, 0.2) is 0 Å². The van der Waals surface area contributed by atoms with Gasteiger partial charge in [-0.05, 0) is 0 Å². The van der Waals surface area contributed by atoms with E-state index in [4.69, 9.17) is 23.3 Å². The van der Waals surface area contributed by atoms with Crippen molar-refractivity contribution in [1.82, 2.24) is 0 Å². The molecule has 0 radical (unpaired) electrons. The summed E-state index contributed by atoms with van der Waals surface area (Å²) < 4.78 is 40.4. The van der Waals surface area contributed by atoms with E-state index in [-0.39, 0.29) is 29.6 Å². The third-order valence-corrected chi connectivity index (χ3v) is 0. The third kappa shape index (κ3) is 158. The van der Waals surface area contributed by atoms with E-state index in [1.54, 1.807) is 0 Å². The molecular formula is HCl2NaO5. The fourth-order valence-corrected chi connectivity index (χ4v) is 0. The first-order valence-corrected chi connectivity index (χ1v) is 2.36. The summed E-state index contributed by atoms with van der Waals surface area (Å²) in [6.07, 6.45) is 0. The van der Waals surface area contributed by atoms with E-state index in [1.807, 2.05) is 0 Å². The molecular weight excluding hydrogens is 174 g/mol. The van der Waals surface area contributed by atoms with Crippen molar-refractivity contribution in [3.8, 4) is 0 Å². The smallest absolute Gasteiger partial charge is 0.544 e. The van der Waals surface area contributed by atoms with Crippen LogP contribution in [0.4, 0.5) is 0 Å². The second-order valence-electron chi connectivity index (χ2n) is 0.264. The van der Waals surface area contributed by atoms with Crippen LogP contribution in [0.1, 0.15) is 0 Å². The fourth-order valence-electron chi connectivity index (χ4n) is 0. The van der Waals surface area contributed by atoms with Gasteiger partial charge >= 0.3 is 29.6 Å². The van der Waals surface area contributed by atoms with Gasteiger partial charge < -0.3 is 18.6 Å². The SMILES string of the molecule is [Na+].[O-][Cl+2]([O-])O.[O-][Cl+][O-]. The monoisotopic (exact) mass is 174 g/mol. The number of halogens is 2. The van der Waals surface area contributed by atoms with Crippen molar-refractivity contribution in [2.75, 3.05) is 0 Å². The average molecular weight is 175 g/mol. The molecule has 8 heavy (non-hydrogen) atoms. The summed E-state index contributed by atoms with van der Waals surface area (Å²) >= 11 is -0.417. The molecule has 0 atom stereocenters. The van der Waals surface area contributed by atoms with Crippen LogP contribution in [0.3, 0.4) is 0 Å². The topological polar surface area (TPSA) is 112 Å². The summed E-state index contributed by atoms with van der Waals surface area (Å²) in [6, 6.07) is 0. The van der Waals surface area contributed by atoms with Gasteiger partial charge in [0.05, 0.1) is 11.3 Å². The maximum absolute atomic E-state index is 8.52. The summed E-state index contributed by atoms with van der Waals surface area (Å²) in [5.74, 6) is 0. The molecule has 1 N–H and O–H groups in total. The third-order valence-electron chi connectivity index (χ3n) is 0. The first-order valence-electron chi connectivity index (χ1n) is 0.786. The molecule has 0 aliphatic rings. The van der Waals surface area contributed by atoms with Gasteiger partial charge in [0.1, 0.15) is 0 Å². The number of hydrogen-bond donors (Lipinski definition) is 1. The van der Waals surface area contributed by atoms with E-state index in [9.17, 15) is 0 Å². The maximum atomic E-state index is 8.52. The number of rotatable bonds is 0. The van der Waals surface area contributed by atoms with Crippen molar-refractivity contribution < 1.29 is 75.0 Å². The second kappa shape index (κ2) is 15.8. The zero-order chi connectivity index (χ0) is 6.28. The largest absolute Gasteiger partial charge is 1.00 e. The molecule has 5 nitrogen and oxygen atoms in total. The van der Waals surface area contributed by atoms with Crippen LogP contribution in [0.25, 0.3) is 0 Å². The van der Waals surface area contributed by atoms with E-state index in [0.29, 0.717) is 0 Å². The van der Waals surface area contributed by atoms with Crippen molar-refractivity contribution in [2.24, 2.45) is 0 Å². The van der Waals surface area contributed by atoms with Gasteiger partial charge in [-0.15, -0.1) is 0 Å². The van der Waals surface area contributed by atoms with Crippen LogP contribution in [0, 0.1) is 22.1 Å². The van der Waals surface area contributed by atoms with Crippen molar-refractivity contribution in [3.63, 3.8) is 0 Å². The van der Waals surface area contributed by atoms with Gasteiger partial charge in [0, 0.05) is 4.66 Å². The predicted octanol–water partition coefficient (Wildman–Crippen LogP) is -8.31. The first-order chi connectivity index (χ1) is 3.15. The molecule has 0 saturated carbocycles. The molecule has 0 aromatic heterocycles. The summed E-state index contributed by atoms with van der Waals surface area (Å²) in [5, 5.41) is 0. The minimum Gasteiger partial charge on any atom is -0.544 e. The molecule has 8 heteroatoms. The van der Waals surface area contributed by atoms with Gasteiger partial charge in [0.25, 0.3) is 10.8 Å². The van der Waals surface area contributed by atoms with E-state index >= 15 is 0 Å². The molecule has 0 saturated heterocycles. The Morgan fingerprint density at radius 1 is 1.25 bits per heavy atom. The Kier molecular flexibility index (Phi) is 31.9. The molecule has 0 amide bonds. The molecule has 0 unspecified atom stereocenters. The second-order valence-corrected chi connectivity index (χ2v) is 0.792. The van der Waals surface area contributed by atoms with Crippen molar-refractivity contribution in [3.05, 3.63) is 0 Å². The fraction of sp³-hybridized carbons (Fsp3) is 0. The zero-order valence-corrected chi connectivity index (χ0v) is 7.35. The van der Waals surface area contributed by atoms with Gasteiger partial charge in [0.2, 0.25) is 0 Å². The van der Waals surface area contributed by atoms with E-state index in [0.717, 1.165) is 0 Å². The quantitative estimate of drug-likeness (QED) is 0.367. The van der Waals surface area contributed by atoms with Crippen LogP contribution in [-0.2, 0) is 0 Å². The van der Waals surface area contributed by atoms with Gasteiger partial charge in [-0.1, -0.05) is 0 Å². The van der Waals surface area contributed by atoms with Crippen LogP contribution >= 0.6 is 0 Å². The molecule has 46 valence electrons. The summed E-state index contributed by atoms with van der Waals surface area (Å²) in [5.41, 5.74) is 0. The maximum Gasteiger partial charge on any atom is 1.00 e. The van der Waals surface area contributed by atoms with Crippen LogP contribution in [0.5, 0.6) is 0 Å². The molecule has 0 aromatic rings. The van der Waals surface area contributed by atoms with Gasteiger partial charge in [-0.2, -0.15) is 0 Å². The zero-order valence-electron chi connectivity index (χ0n) is 3.84. The van der Waals surface area contributed by atoms with E-state index in [1.165, 1.54) is 0 Å².